The predicted octanol–water partition coefficient (Wildman–Crippen LogP) is 2.44. The third-order valence-corrected chi connectivity index (χ3v) is 3.86. The van der Waals surface area contributed by atoms with Crippen LogP contribution in [0.3, 0.4) is 0 Å². The summed E-state index contributed by atoms with van der Waals surface area (Å²) in [5, 5.41) is 15.1. The second kappa shape index (κ2) is 7.26. The van der Waals surface area contributed by atoms with Crippen molar-refractivity contribution < 1.29 is 14.6 Å². The van der Waals surface area contributed by atoms with Gasteiger partial charge in [-0.25, -0.2) is 4.79 Å². The quantitative estimate of drug-likeness (QED) is 0.794. The van der Waals surface area contributed by atoms with E-state index in [2.05, 4.69) is 10.6 Å². The lowest BCUT2D eigenvalue weighted by Gasteiger charge is -2.17. The van der Waals surface area contributed by atoms with E-state index in [1.165, 1.54) is 0 Å². The van der Waals surface area contributed by atoms with Gasteiger partial charge in [-0.3, -0.25) is 0 Å². The number of carbonyl (C=O) groups is 1. The molecule has 5 heteroatoms. The number of aliphatic hydroxyl groups excluding tert-OH is 1. The Morgan fingerprint density at radius 2 is 1.91 bits per heavy atom. The molecule has 0 radical (unpaired) electrons. The van der Waals surface area contributed by atoms with E-state index in [9.17, 15) is 9.90 Å². The molecule has 0 bridgehead atoms. The van der Waals surface area contributed by atoms with Gasteiger partial charge in [0.1, 0.15) is 0 Å². The van der Waals surface area contributed by atoms with Crippen molar-refractivity contribution in [1.29, 1.82) is 0 Å². The normalized spacial score (nSPS) is 14.1. The Balaban J connectivity index is 1.57. The Hall–Kier alpha value is -2.37. The summed E-state index contributed by atoms with van der Waals surface area (Å²) in [6, 6.07) is 14.9. The minimum absolute atomic E-state index is 0.111. The molecule has 3 rings (SSSR count). The van der Waals surface area contributed by atoms with E-state index in [0.717, 1.165) is 22.4 Å². The first-order chi connectivity index (χ1) is 11.2. The smallest absolute Gasteiger partial charge is 0.319 e. The van der Waals surface area contributed by atoms with Crippen molar-refractivity contribution in [3.05, 3.63) is 65.2 Å². The molecule has 0 aromatic heterocycles. The van der Waals surface area contributed by atoms with Crippen LogP contribution in [0.5, 0.6) is 0 Å². The van der Waals surface area contributed by atoms with Crippen LogP contribution < -0.4 is 10.6 Å². The molecule has 120 valence electrons. The number of carbonyl (C=O) groups excluding carboxylic acids is 1. The molecule has 0 saturated heterocycles. The van der Waals surface area contributed by atoms with Crippen LogP contribution in [0.1, 0.15) is 16.7 Å². The highest BCUT2D eigenvalue weighted by Gasteiger charge is 2.14. The van der Waals surface area contributed by atoms with E-state index < -0.39 is 0 Å². The first kappa shape index (κ1) is 15.5. The Bertz CT molecular complexity index is 673. The summed E-state index contributed by atoms with van der Waals surface area (Å²) in [7, 11) is 0. The zero-order valence-corrected chi connectivity index (χ0v) is 12.8. The van der Waals surface area contributed by atoms with Gasteiger partial charge >= 0.3 is 6.03 Å². The van der Waals surface area contributed by atoms with E-state index in [4.69, 9.17) is 4.74 Å². The number of anilines is 1. The molecule has 1 aliphatic heterocycles. The maximum Gasteiger partial charge on any atom is 0.319 e. The van der Waals surface area contributed by atoms with Crippen molar-refractivity contribution >= 4 is 11.7 Å². The zero-order valence-electron chi connectivity index (χ0n) is 12.8. The fraction of sp³-hybridized carbons (Fsp3) is 0.278. The highest BCUT2D eigenvalue weighted by molar-refractivity contribution is 5.89. The van der Waals surface area contributed by atoms with Gasteiger partial charge in [-0.2, -0.15) is 0 Å². The van der Waals surface area contributed by atoms with Gasteiger partial charge in [0.2, 0.25) is 0 Å². The molecule has 2 aromatic carbocycles. The van der Waals surface area contributed by atoms with Crippen LogP contribution in [0.2, 0.25) is 0 Å². The summed E-state index contributed by atoms with van der Waals surface area (Å²) < 4.78 is 5.36. The number of benzene rings is 2. The van der Waals surface area contributed by atoms with Crippen LogP contribution in [0, 0.1) is 0 Å². The van der Waals surface area contributed by atoms with Crippen LogP contribution in [-0.4, -0.2) is 23.8 Å². The molecule has 0 unspecified atom stereocenters. The fourth-order valence-electron chi connectivity index (χ4n) is 2.66. The minimum atomic E-state index is -0.324. The van der Waals surface area contributed by atoms with Gasteiger partial charge in [-0.05, 0) is 35.2 Å². The van der Waals surface area contributed by atoms with Gasteiger partial charge < -0.3 is 20.5 Å². The molecule has 0 saturated carbocycles. The summed E-state index contributed by atoms with van der Waals surface area (Å²) in [4.78, 5) is 12.1. The number of aliphatic hydroxyl groups is 1. The molecule has 2 amide bonds. The largest absolute Gasteiger partial charge is 0.394 e. The lowest BCUT2D eigenvalue weighted by molar-refractivity contribution is 0.134. The third-order valence-electron chi connectivity index (χ3n) is 3.86. The number of urea groups is 1. The maximum atomic E-state index is 12.1. The van der Waals surface area contributed by atoms with Gasteiger partial charge in [0.25, 0.3) is 0 Å². The first-order valence-corrected chi connectivity index (χ1v) is 7.66. The highest BCUT2D eigenvalue weighted by atomic mass is 16.5. The van der Waals surface area contributed by atoms with Crippen LogP contribution in [-0.2, 0) is 24.4 Å². The topological polar surface area (TPSA) is 70.6 Å². The summed E-state index contributed by atoms with van der Waals surface area (Å²) in [5.41, 5.74) is 4.06. The lowest BCUT2D eigenvalue weighted by Crippen LogP contribution is -2.41. The van der Waals surface area contributed by atoms with Crippen molar-refractivity contribution in [2.45, 2.75) is 25.7 Å². The second-order valence-corrected chi connectivity index (χ2v) is 5.64. The summed E-state index contributed by atoms with van der Waals surface area (Å²) >= 11 is 0. The van der Waals surface area contributed by atoms with Crippen molar-refractivity contribution in [3.8, 4) is 0 Å². The van der Waals surface area contributed by atoms with Crippen LogP contribution in [0.15, 0.2) is 48.5 Å². The maximum absolute atomic E-state index is 12.1. The summed E-state index contributed by atoms with van der Waals surface area (Å²) in [5.74, 6) is 0. The number of ether oxygens (including phenoxy) is 1. The Morgan fingerprint density at radius 3 is 2.70 bits per heavy atom. The van der Waals surface area contributed by atoms with Gasteiger partial charge in [-0.1, -0.05) is 36.4 Å². The lowest BCUT2D eigenvalue weighted by atomic mass is 10.1. The number of nitrogens with one attached hydrogen (secondary N) is 2. The van der Waals surface area contributed by atoms with Crippen LogP contribution >= 0.6 is 0 Å². The number of fused-ring (bicyclic) bond motifs is 1. The van der Waals surface area contributed by atoms with Gasteiger partial charge in [-0.15, -0.1) is 0 Å². The molecule has 0 aliphatic carbocycles. The van der Waals surface area contributed by atoms with Crippen molar-refractivity contribution in [1.82, 2.24) is 5.32 Å². The molecule has 1 aliphatic rings. The van der Waals surface area contributed by atoms with E-state index in [1.54, 1.807) is 0 Å². The molecule has 5 nitrogen and oxygen atoms in total. The molecule has 23 heavy (non-hydrogen) atoms. The highest BCUT2D eigenvalue weighted by Crippen LogP contribution is 2.23. The van der Waals surface area contributed by atoms with Crippen LogP contribution in [0.25, 0.3) is 0 Å². The molecular formula is C18H20N2O3. The predicted molar refractivity (Wildman–Crippen MR) is 88.1 cm³/mol. The van der Waals surface area contributed by atoms with E-state index in [-0.39, 0.29) is 18.7 Å². The van der Waals surface area contributed by atoms with Crippen molar-refractivity contribution in [2.75, 3.05) is 11.9 Å². The molecule has 0 spiro atoms. The molecular weight excluding hydrogens is 292 g/mol. The average Bonchev–Trinajstić information content (AvgIpc) is 3.02. The standard InChI is InChI=1S/C18H20N2O3/c21-10-17(8-13-4-2-1-3-5-13)20-18(22)19-16-7-6-14-11-23-12-15(14)9-16/h1-7,9,17,21H,8,10-12H2,(H2,19,20,22)/t17-/m1/s1. The average molecular weight is 312 g/mol. The molecule has 2 aromatic rings. The minimum Gasteiger partial charge on any atom is -0.394 e. The second-order valence-electron chi connectivity index (χ2n) is 5.64. The van der Waals surface area contributed by atoms with Crippen molar-refractivity contribution in [3.63, 3.8) is 0 Å². The monoisotopic (exact) mass is 312 g/mol. The molecule has 0 fully saturated rings. The summed E-state index contributed by atoms with van der Waals surface area (Å²) in [6.45, 7) is 1.10. The Kier molecular flexibility index (Phi) is 4.90. The Labute approximate surface area is 135 Å². The van der Waals surface area contributed by atoms with E-state index in [1.807, 2.05) is 48.5 Å². The fourth-order valence-corrected chi connectivity index (χ4v) is 2.66. The number of hydrogen-bond donors (Lipinski definition) is 3. The summed E-state index contributed by atoms with van der Waals surface area (Å²) in [6.07, 6.45) is 0.586. The van der Waals surface area contributed by atoms with Crippen molar-refractivity contribution in [2.24, 2.45) is 0 Å². The SMILES string of the molecule is O=C(Nc1ccc2c(c1)COC2)N[C@@H](CO)Cc1ccccc1. The molecule has 3 N–H and O–H groups in total. The van der Waals surface area contributed by atoms with E-state index >= 15 is 0 Å². The number of hydrogen-bond acceptors (Lipinski definition) is 3. The van der Waals surface area contributed by atoms with Gasteiger partial charge in [0, 0.05) is 5.69 Å². The molecule has 1 atom stereocenters. The zero-order chi connectivity index (χ0) is 16.1. The van der Waals surface area contributed by atoms with Gasteiger partial charge in [0.15, 0.2) is 0 Å². The van der Waals surface area contributed by atoms with E-state index in [0.29, 0.717) is 19.6 Å². The molecule has 1 heterocycles. The third kappa shape index (κ3) is 4.09. The first-order valence-electron chi connectivity index (χ1n) is 7.66. The Morgan fingerprint density at radius 1 is 1.13 bits per heavy atom. The van der Waals surface area contributed by atoms with Crippen LogP contribution in [0.4, 0.5) is 10.5 Å². The van der Waals surface area contributed by atoms with Gasteiger partial charge in [0.05, 0.1) is 25.9 Å². The number of amides is 2. The number of rotatable bonds is 5.